The Balaban J connectivity index is 2.31. The average Bonchev–Trinajstić information content (AvgIpc) is 2.30. The zero-order valence-electron chi connectivity index (χ0n) is 9.29. The highest BCUT2D eigenvalue weighted by Gasteiger charge is 2.28. The Morgan fingerprint density at radius 2 is 1.93 bits per heavy atom. The molecule has 2 rings (SSSR count). The van der Waals surface area contributed by atoms with Gasteiger partial charge in [0.2, 0.25) is 0 Å². The van der Waals surface area contributed by atoms with Crippen molar-refractivity contribution in [1.29, 1.82) is 5.26 Å². The molecule has 1 aromatic rings. The summed E-state index contributed by atoms with van der Waals surface area (Å²) in [5.74, 6) is 0. The third kappa shape index (κ3) is 2.04. The second-order valence-electron chi connectivity index (χ2n) is 4.81. The van der Waals surface area contributed by atoms with Gasteiger partial charge < -0.3 is 0 Å². The van der Waals surface area contributed by atoms with Gasteiger partial charge in [-0.3, -0.25) is 0 Å². The first-order valence-electron chi connectivity index (χ1n) is 5.75. The molecule has 1 heteroatoms. The highest BCUT2D eigenvalue weighted by molar-refractivity contribution is 5.36. The third-order valence-electron chi connectivity index (χ3n) is 3.65. The molecular formula is C14H17N. The molecule has 0 unspecified atom stereocenters. The van der Waals surface area contributed by atoms with Crippen molar-refractivity contribution in [2.45, 2.75) is 44.4 Å². The van der Waals surface area contributed by atoms with Gasteiger partial charge in [-0.2, -0.15) is 5.26 Å². The van der Waals surface area contributed by atoms with Gasteiger partial charge in [-0.05, 0) is 36.0 Å². The molecule has 0 aliphatic heterocycles. The van der Waals surface area contributed by atoms with Crippen LogP contribution in [0.25, 0.3) is 0 Å². The molecule has 1 fully saturated rings. The van der Waals surface area contributed by atoms with Crippen LogP contribution in [0.1, 0.15) is 50.2 Å². The molecule has 0 amide bonds. The van der Waals surface area contributed by atoms with Gasteiger partial charge in [-0.1, -0.05) is 38.3 Å². The number of nitriles is 1. The number of rotatable bonds is 1. The summed E-state index contributed by atoms with van der Waals surface area (Å²) in [5, 5.41) is 8.89. The van der Waals surface area contributed by atoms with E-state index < -0.39 is 0 Å². The summed E-state index contributed by atoms with van der Waals surface area (Å²) >= 11 is 0. The molecule has 78 valence electrons. The minimum atomic E-state index is 0.311. The van der Waals surface area contributed by atoms with Crippen molar-refractivity contribution in [3.8, 4) is 6.07 Å². The predicted octanol–water partition coefficient (Wildman–Crippen LogP) is 3.78. The summed E-state index contributed by atoms with van der Waals surface area (Å²) in [7, 11) is 0. The van der Waals surface area contributed by atoms with Gasteiger partial charge in [0.05, 0.1) is 11.6 Å². The predicted molar refractivity (Wildman–Crippen MR) is 61.6 cm³/mol. The zero-order chi connectivity index (χ0) is 10.7. The molecule has 1 aliphatic carbocycles. The lowest BCUT2D eigenvalue weighted by atomic mass is 9.71. The lowest BCUT2D eigenvalue weighted by Gasteiger charge is -2.34. The molecule has 0 aromatic heterocycles. The van der Waals surface area contributed by atoms with Crippen LogP contribution >= 0.6 is 0 Å². The Bertz CT molecular complexity index is 381. The Morgan fingerprint density at radius 1 is 1.20 bits per heavy atom. The lowest BCUT2D eigenvalue weighted by molar-refractivity contribution is 0.319. The Labute approximate surface area is 91.7 Å². The highest BCUT2D eigenvalue weighted by Crippen LogP contribution is 2.38. The fourth-order valence-electron chi connectivity index (χ4n) is 2.58. The minimum absolute atomic E-state index is 0.311. The molecule has 0 N–H and O–H groups in total. The molecule has 15 heavy (non-hydrogen) atoms. The van der Waals surface area contributed by atoms with Crippen molar-refractivity contribution in [1.82, 2.24) is 0 Å². The molecule has 1 aromatic carbocycles. The van der Waals surface area contributed by atoms with E-state index in [4.69, 9.17) is 5.26 Å². The van der Waals surface area contributed by atoms with Crippen molar-refractivity contribution in [3.05, 3.63) is 35.4 Å². The van der Waals surface area contributed by atoms with Crippen LogP contribution in [0, 0.1) is 11.3 Å². The molecule has 0 atom stereocenters. The molecule has 1 saturated carbocycles. The van der Waals surface area contributed by atoms with Crippen LogP contribution < -0.4 is 0 Å². The van der Waals surface area contributed by atoms with Crippen molar-refractivity contribution in [2.75, 3.05) is 0 Å². The van der Waals surface area contributed by atoms with Crippen LogP contribution in [0.15, 0.2) is 24.3 Å². The number of hydrogen-bond donors (Lipinski definition) is 0. The number of hydrogen-bond acceptors (Lipinski definition) is 1. The summed E-state index contributed by atoms with van der Waals surface area (Å²) in [4.78, 5) is 0. The maximum atomic E-state index is 8.89. The van der Waals surface area contributed by atoms with Gasteiger partial charge in [0, 0.05) is 0 Å². The van der Waals surface area contributed by atoms with E-state index in [1.165, 1.54) is 37.7 Å². The van der Waals surface area contributed by atoms with E-state index in [9.17, 15) is 0 Å². The van der Waals surface area contributed by atoms with Gasteiger partial charge >= 0.3 is 0 Å². The van der Waals surface area contributed by atoms with E-state index >= 15 is 0 Å². The Hall–Kier alpha value is -1.29. The van der Waals surface area contributed by atoms with E-state index in [-0.39, 0.29) is 0 Å². The van der Waals surface area contributed by atoms with Gasteiger partial charge in [0.1, 0.15) is 0 Å². The quantitative estimate of drug-likeness (QED) is 0.675. The monoisotopic (exact) mass is 199 g/mol. The molecule has 0 saturated heterocycles. The smallest absolute Gasteiger partial charge is 0.0991 e. The first kappa shape index (κ1) is 10.2. The van der Waals surface area contributed by atoms with Crippen LogP contribution in [0.2, 0.25) is 0 Å². The highest BCUT2D eigenvalue weighted by atomic mass is 14.3. The largest absolute Gasteiger partial charge is 0.192 e. The summed E-state index contributed by atoms with van der Waals surface area (Å²) in [5.41, 5.74) is 2.45. The van der Waals surface area contributed by atoms with Gasteiger partial charge in [0.15, 0.2) is 0 Å². The van der Waals surface area contributed by atoms with Crippen molar-refractivity contribution in [2.24, 2.45) is 0 Å². The SMILES string of the molecule is CC1(c2cccc(C#N)c2)CCCCC1. The first-order valence-corrected chi connectivity index (χ1v) is 5.75. The lowest BCUT2D eigenvalue weighted by Crippen LogP contribution is -2.24. The fraction of sp³-hybridized carbons (Fsp3) is 0.500. The summed E-state index contributed by atoms with van der Waals surface area (Å²) in [6.45, 7) is 2.34. The first-order chi connectivity index (χ1) is 7.24. The molecule has 1 nitrogen and oxygen atoms in total. The van der Waals surface area contributed by atoms with Crippen LogP contribution in [-0.2, 0) is 5.41 Å². The maximum Gasteiger partial charge on any atom is 0.0991 e. The molecule has 0 heterocycles. The van der Waals surface area contributed by atoms with Crippen LogP contribution in [0.5, 0.6) is 0 Å². The third-order valence-corrected chi connectivity index (χ3v) is 3.65. The van der Waals surface area contributed by atoms with E-state index in [2.05, 4.69) is 25.1 Å². The van der Waals surface area contributed by atoms with Crippen molar-refractivity contribution >= 4 is 0 Å². The number of nitrogens with zero attached hydrogens (tertiary/aromatic N) is 1. The van der Waals surface area contributed by atoms with Crippen LogP contribution in [0.4, 0.5) is 0 Å². The van der Waals surface area contributed by atoms with E-state index in [0.29, 0.717) is 5.41 Å². The topological polar surface area (TPSA) is 23.8 Å². The Kier molecular flexibility index (Phi) is 2.77. The molecule has 0 radical (unpaired) electrons. The average molecular weight is 199 g/mol. The summed E-state index contributed by atoms with van der Waals surface area (Å²) in [6.07, 6.45) is 6.55. The van der Waals surface area contributed by atoms with Gasteiger partial charge in [0.25, 0.3) is 0 Å². The van der Waals surface area contributed by atoms with E-state index in [1.807, 2.05) is 12.1 Å². The van der Waals surface area contributed by atoms with Crippen molar-refractivity contribution < 1.29 is 0 Å². The van der Waals surface area contributed by atoms with Crippen molar-refractivity contribution in [3.63, 3.8) is 0 Å². The standard InChI is InChI=1S/C14H17N/c1-14(8-3-2-4-9-14)13-7-5-6-12(10-13)11-15/h5-7,10H,2-4,8-9H2,1H3. The second-order valence-corrected chi connectivity index (χ2v) is 4.81. The molecule has 0 spiro atoms. The van der Waals surface area contributed by atoms with Crippen LogP contribution in [-0.4, -0.2) is 0 Å². The molecule has 1 aliphatic rings. The van der Waals surface area contributed by atoms with Crippen LogP contribution in [0.3, 0.4) is 0 Å². The van der Waals surface area contributed by atoms with Gasteiger partial charge in [-0.15, -0.1) is 0 Å². The number of benzene rings is 1. The van der Waals surface area contributed by atoms with E-state index in [0.717, 1.165) is 5.56 Å². The molecule has 0 bridgehead atoms. The fourth-order valence-corrected chi connectivity index (χ4v) is 2.58. The minimum Gasteiger partial charge on any atom is -0.192 e. The maximum absolute atomic E-state index is 8.89. The summed E-state index contributed by atoms with van der Waals surface area (Å²) < 4.78 is 0. The van der Waals surface area contributed by atoms with Gasteiger partial charge in [-0.25, -0.2) is 0 Å². The normalized spacial score (nSPS) is 19.5. The Morgan fingerprint density at radius 3 is 2.60 bits per heavy atom. The van der Waals surface area contributed by atoms with E-state index in [1.54, 1.807) is 0 Å². The zero-order valence-corrected chi connectivity index (χ0v) is 9.29. The summed E-state index contributed by atoms with van der Waals surface area (Å²) in [6, 6.07) is 10.3. The molecular weight excluding hydrogens is 182 g/mol. The second kappa shape index (κ2) is 4.06.